The van der Waals surface area contributed by atoms with E-state index in [0.29, 0.717) is 12.6 Å². The molecule has 0 amide bonds. The van der Waals surface area contributed by atoms with Gasteiger partial charge in [-0.1, -0.05) is 0 Å². The lowest BCUT2D eigenvalue weighted by molar-refractivity contribution is 0.230. The molecule has 1 fully saturated rings. The van der Waals surface area contributed by atoms with E-state index in [1.54, 1.807) is 0 Å². The van der Waals surface area contributed by atoms with Gasteiger partial charge in [0.2, 0.25) is 0 Å². The van der Waals surface area contributed by atoms with Crippen molar-refractivity contribution in [3.63, 3.8) is 0 Å². The molecule has 0 unspecified atom stereocenters. The molecule has 4 nitrogen and oxygen atoms in total. The van der Waals surface area contributed by atoms with Gasteiger partial charge < -0.3 is 5.32 Å². The minimum Gasteiger partial charge on any atom is -0.312 e. The summed E-state index contributed by atoms with van der Waals surface area (Å²) in [5, 5.41) is 3.10. The Morgan fingerprint density at radius 1 is 1.55 bits per heavy atom. The molecule has 1 saturated heterocycles. The van der Waals surface area contributed by atoms with E-state index in [9.17, 15) is 8.42 Å². The van der Waals surface area contributed by atoms with Crippen molar-refractivity contribution in [3.05, 3.63) is 0 Å². The number of hydrogen-bond acceptors (Lipinski definition) is 4. The average Bonchev–Trinajstić information content (AvgIpc) is 2.10. The van der Waals surface area contributed by atoms with E-state index in [4.69, 9.17) is 4.18 Å². The molecule has 66 valence electrons. The molecule has 1 aliphatic heterocycles. The summed E-state index contributed by atoms with van der Waals surface area (Å²) < 4.78 is 26.1. The summed E-state index contributed by atoms with van der Waals surface area (Å²) in [5.74, 6) is 0. The van der Waals surface area contributed by atoms with Crippen LogP contribution in [0.3, 0.4) is 0 Å². The number of hydrogen-bond donors (Lipinski definition) is 1. The van der Waals surface area contributed by atoms with Crippen LogP contribution < -0.4 is 5.32 Å². The summed E-state index contributed by atoms with van der Waals surface area (Å²) in [6.07, 6.45) is 1.68. The molecule has 11 heavy (non-hydrogen) atoms. The van der Waals surface area contributed by atoms with Crippen molar-refractivity contribution in [1.29, 1.82) is 0 Å². The van der Waals surface area contributed by atoms with Gasteiger partial charge in [-0.25, -0.2) is 0 Å². The van der Waals surface area contributed by atoms with Crippen LogP contribution in [0.15, 0.2) is 0 Å². The summed E-state index contributed by atoms with van der Waals surface area (Å²) in [5.41, 5.74) is 0. The maximum Gasteiger partial charge on any atom is 0.264 e. The lowest BCUT2D eigenvalue weighted by Gasteiger charge is -2.06. The smallest absolute Gasteiger partial charge is 0.264 e. The second kappa shape index (κ2) is 3.08. The first-order valence-electron chi connectivity index (χ1n) is 3.59. The molecule has 1 rings (SSSR count). The van der Waals surface area contributed by atoms with Crippen LogP contribution in [0.5, 0.6) is 0 Å². The van der Waals surface area contributed by atoms with Crippen LogP contribution in [0.25, 0.3) is 0 Å². The fourth-order valence-electron chi connectivity index (χ4n) is 1.21. The third-order valence-corrected chi connectivity index (χ3v) is 2.24. The maximum absolute atomic E-state index is 10.6. The van der Waals surface area contributed by atoms with Gasteiger partial charge in [0.25, 0.3) is 10.1 Å². The van der Waals surface area contributed by atoms with Gasteiger partial charge in [-0.05, 0) is 13.3 Å². The molecule has 1 heterocycles. The first-order chi connectivity index (χ1) is 4.97. The average molecular weight is 179 g/mol. The second-order valence-corrected chi connectivity index (χ2v) is 4.57. The topological polar surface area (TPSA) is 55.4 Å². The van der Waals surface area contributed by atoms with E-state index in [0.717, 1.165) is 12.7 Å². The molecule has 0 radical (unpaired) electrons. The molecule has 1 N–H and O–H groups in total. The highest BCUT2D eigenvalue weighted by molar-refractivity contribution is 7.86. The normalized spacial score (nSPS) is 32.5. The first-order valence-corrected chi connectivity index (χ1v) is 5.40. The quantitative estimate of drug-likeness (QED) is 0.592. The van der Waals surface area contributed by atoms with Crippen molar-refractivity contribution in [2.75, 3.05) is 12.8 Å². The Hall–Kier alpha value is -0.130. The Morgan fingerprint density at radius 3 is 2.55 bits per heavy atom. The zero-order valence-electron chi connectivity index (χ0n) is 6.70. The van der Waals surface area contributed by atoms with Crippen molar-refractivity contribution >= 4 is 10.1 Å². The van der Waals surface area contributed by atoms with Crippen molar-refractivity contribution in [2.45, 2.75) is 25.5 Å². The monoisotopic (exact) mass is 179 g/mol. The number of rotatable bonds is 2. The maximum atomic E-state index is 10.6. The Bertz CT molecular complexity index is 224. The van der Waals surface area contributed by atoms with E-state index in [2.05, 4.69) is 5.32 Å². The van der Waals surface area contributed by atoms with Gasteiger partial charge in [-0.2, -0.15) is 8.42 Å². The summed E-state index contributed by atoms with van der Waals surface area (Å²) in [6.45, 7) is 2.64. The van der Waals surface area contributed by atoms with E-state index < -0.39 is 10.1 Å². The molecular formula is C6H13NO3S. The SMILES string of the molecule is C[C@H]1C[C@H](OS(C)(=O)=O)CN1. The summed E-state index contributed by atoms with van der Waals surface area (Å²) in [7, 11) is -3.27. The predicted octanol–water partition coefficient (Wildman–Crippen LogP) is -0.287. The van der Waals surface area contributed by atoms with Crippen molar-refractivity contribution in [3.8, 4) is 0 Å². The van der Waals surface area contributed by atoms with Crippen LogP contribution in [0.1, 0.15) is 13.3 Å². The third-order valence-electron chi connectivity index (χ3n) is 1.62. The van der Waals surface area contributed by atoms with Gasteiger partial charge in [-0.15, -0.1) is 0 Å². The highest BCUT2D eigenvalue weighted by atomic mass is 32.2. The Labute approximate surface area is 67.1 Å². The molecule has 0 aliphatic carbocycles. The molecule has 1 aliphatic rings. The van der Waals surface area contributed by atoms with E-state index >= 15 is 0 Å². The van der Waals surface area contributed by atoms with Gasteiger partial charge in [0.05, 0.1) is 12.4 Å². The Kier molecular flexibility index (Phi) is 2.51. The van der Waals surface area contributed by atoms with Crippen LogP contribution in [0.2, 0.25) is 0 Å². The molecule has 0 bridgehead atoms. The predicted molar refractivity (Wildman–Crippen MR) is 41.8 cm³/mol. The van der Waals surface area contributed by atoms with Crippen molar-refractivity contribution in [1.82, 2.24) is 5.32 Å². The van der Waals surface area contributed by atoms with Crippen molar-refractivity contribution < 1.29 is 12.6 Å². The van der Waals surface area contributed by atoms with E-state index in [1.807, 2.05) is 6.92 Å². The van der Waals surface area contributed by atoms with Gasteiger partial charge >= 0.3 is 0 Å². The molecule has 5 heteroatoms. The molecular weight excluding hydrogens is 166 g/mol. The summed E-state index contributed by atoms with van der Waals surface area (Å²) >= 11 is 0. The summed E-state index contributed by atoms with van der Waals surface area (Å²) in [4.78, 5) is 0. The highest BCUT2D eigenvalue weighted by Gasteiger charge is 2.24. The van der Waals surface area contributed by atoms with Crippen LogP contribution >= 0.6 is 0 Å². The molecule has 2 atom stereocenters. The van der Waals surface area contributed by atoms with Crippen LogP contribution in [0.4, 0.5) is 0 Å². The minimum atomic E-state index is -3.27. The Balaban J connectivity index is 2.41. The molecule has 0 saturated carbocycles. The molecule has 0 aromatic heterocycles. The first kappa shape index (κ1) is 8.96. The van der Waals surface area contributed by atoms with Gasteiger partial charge in [0.1, 0.15) is 0 Å². The molecule has 0 aromatic carbocycles. The fourth-order valence-corrected chi connectivity index (χ4v) is 1.86. The lowest BCUT2D eigenvalue weighted by Crippen LogP contribution is -2.20. The molecule has 0 spiro atoms. The second-order valence-electron chi connectivity index (χ2n) is 2.97. The summed E-state index contributed by atoms with van der Waals surface area (Å²) in [6, 6.07) is 0.363. The fraction of sp³-hybridized carbons (Fsp3) is 1.00. The van der Waals surface area contributed by atoms with E-state index in [1.165, 1.54) is 0 Å². The highest BCUT2D eigenvalue weighted by Crippen LogP contribution is 2.11. The van der Waals surface area contributed by atoms with Gasteiger partial charge in [0, 0.05) is 12.6 Å². The van der Waals surface area contributed by atoms with Gasteiger partial charge in [-0.3, -0.25) is 4.18 Å². The molecule has 0 aromatic rings. The van der Waals surface area contributed by atoms with Gasteiger partial charge in [0.15, 0.2) is 0 Å². The van der Waals surface area contributed by atoms with Crippen LogP contribution in [0, 0.1) is 0 Å². The zero-order valence-corrected chi connectivity index (χ0v) is 7.52. The largest absolute Gasteiger partial charge is 0.312 e. The number of nitrogens with one attached hydrogen (secondary N) is 1. The standard InChI is InChI=1S/C6H13NO3S/c1-5-3-6(4-7-5)10-11(2,8)9/h5-7H,3-4H2,1-2H3/t5-,6-/m0/s1. The zero-order chi connectivity index (χ0) is 8.48. The third kappa shape index (κ3) is 3.18. The van der Waals surface area contributed by atoms with Crippen LogP contribution in [-0.4, -0.2) is 33.4 Å². The lowest BCUT2D eigenvalue weighted by atomic mass is 10.2. The van der Waals surface area contributed by atoms with Crippen molar-refractivity contribution in [2.24, 2.45) is 0 Å². The van der Waals surface area contributed by atoms with E-state index in [-0.39, 0.29) is 6.10 Å². The van der Waals surface area contributed by atoms with Crippen LogP contribution in [-0.2, 0) is 14.3 Å². The Morgan fingerprint density at radius 2 is 2.18 bits per heavy atom. The minimum absolute atomic E-state index is 0.167.